The second-order valence-electron chi connectivity index (χ2n) is 4.03. The highest BCUT2D eigenvalue weighted by molar-refractivity contribution is 5.95. The molecule has 1 aromatic rings. The summed E-state index contributed by atoms with van der Waals surface area (Å²) in [6.45, 7) is 0.643. The third-order valence-corrected chi connectivity index (χ3v) is 2.35. The van der Waals surface area contributed by atoms with Gasteiger partial charge in [-0.1, -0.05) is 0 Å². The van der Waals surface area contributed by atoms with Crippen LogP contribution >= 0.6 is 0 Å². The van der Waals surface area contributed by atoms with E-state index in [0.29, 0.717) is 0 Å². The number of aliphatic hydroxyl groups excluding tert-OH is 2. The summed E-state index contributed by atoms with van der Waals surface area (Å²) in [5, 5.41) is 38.8. The number of aromatic hydroxyl groups is 2. The predicted molar refractivity (Wildman–Crippen MR) is 59.8 cm³/mol. The summed E-state index contributed by atoms with van der Waals surface area (Å²) in [6.07, 6.45) is 0. The quantitative estimate of drug-likeness (QED) is 0.459. The molecule has 0 unspecified atom stereocenters. The zero-order valence-corrected chi connectivity index (χ0v) is 9.34. The fraction of sp³-hybridized carbons (Fsp3) is 0.364. The minimum absolute atomic E-state index is 0.119. The molecule has 0 atom stereocenters. The number of aliphatic hydroxyl groups is 2. The van der Waals surface area contributed by atoms with Gasteiger partial charge in [0.15, 0.2) is 11.5 Å². The molecule has 0 aliphatic rings. The number of benzene rings is 1. The van der Waals surface area contributed by atoms with E-state index in [0.717, 1.165) is 6.07 Å². The van der Waals surface area contributed by atoms with Gasteiger partial charge in [-0.2, -0.15) is 0 Å². The van der Waals surface area contributed by atoms with Crippen molar-refractivity contribution in [2.45, 2.75) is 12.5 Å². The fourth-order valence-corrected chi connectivity index (χ4v) is 1.14. The Morgan fingerprint density at radius 3 is 2.29 bits per heavy atom. The fourth-order valence-electron chi connectivity index (χ4n) is 1.14. The number of carbonyl (C=O) groups is 1. The van der Waals surface area contributed by atoms with E-state index < -0.39 is 30.4 Å². The summed E-state index contributed by atoms with van der Waals surface area (Å²) in [5.74, 6) is -1.30. The molecule has 0 fully saturated rings. The van der Waals surface area contributed by atoms with Gasteiger partial charge in [-0.3, -0.25) is 4.79 Å². The van der Waals surface area contributed by atoms with Crippen molar-refractivity contribution in [2.24, 2.45) is 0 Å². The van der Waals surface area contributed by atoms with Gasteiger partial charge in [0.2, 0.25) is 0 Å². The van der Waals surface area contributed by atoms with Crippen molar-refractivity contribution in [3.8, 4) is 11.5 Å². The summed E-state index contributed by atoms with van der Waals surface area (Å²) in [7, 11) is 0. The van der Waals surface area contributed by atoms with Crippen LogP contribution in [0.25, 0.3) is 0 Å². The normalized spacial score (nSPS) is 11.2. The summed E-state index contributed by atoms with van der Waals surface area (Å²) in [6, 6.07) is 3.60. The molecule has 17 heavy (non-hydrogen) atoms. The van der Waals surface area contributed by atoms with Crippen LogP contribution < -0.4 is 5.32 Å². The van der Waals surface area contributed by atoms with E-state index in [1.54, 1.807) is 0 Å². The number of rotatable bonds is 4. The maximum Gasteiger partial charge on any atom is 0.252 e. The summed E-state index contributed by atoms with van der Waals surface area (Å²) in [4.78, 5) is 11.7. The minimum atomic E-state index is -1.13. The summed E-state index contributed by atoms with van der Waals surface area (Å²) >= 11 is 0. The second kappa shape index (κ2) is 5.03. The van der Waals surface area contributed by atoms with Crippen LogP contribution in [0.15, 0.2) is 18.2 Å². The van der Waals surface area contributed by atoms with Crippen LogP contribution in [0.3, 0.4) is 0 Å². The Balaban J connectivity index is 2.86. The lowest BCUT2D eigenvalue weighted by Gasteiger charge is -2.26. The number of hydrogen-bond acceptors (Lipinski definition) is 5. The number of carbonyl (C=O) groups excluding carboxylic acids is 1. The van der Waals surface area contributed by atoms with Gasteiger partial charge in [-0.15, -0.1) is 0 Å². The number of hydrogen-bond donors (Lipinski definition) is 5. The molecule has 1 amide bonds. The van der Waals surface area contributed by atoms with Gasteiger partial charge in [0.1, 0.15) is 0 Å². The first-order valence-corrected chi connectivity index (χ1v) is 4.98. The van der Waals surface area contributed by atoms with Crippen molar-refractivity contribution in [1.29, 1.82) is 0 Å². The van der Waals surface area contributed by atoms with Crippen LogP contribution in [-0.2, 0) is 0 Å². The van der Waals surface area contributed by atoms with Crippen LogP contribution in [0.1, 0.15) is 17.3 Å². The molecule has 0 aliphatic heterocycles. The Labute approximate surface area is 98.1 Å². The first-order valence-electron chi connectivity index (χ1n) is 4.98. The molecular formula is C11H15NO5. The molecule has 0 radical (unpaired) electrons. The molecule has 0 saturated carbocycles. The Morgan fingerprint density at radius 2 is 1.82 bits per heavy atom. The van der Waals surface area contributed by atoms with Gasteiger partial charge in [-0.05, 0) is 25.1 Å². The molecule has 94 valence electrons. The van der Waals surface area contributed by atoms with Crippen molar-refractivity contribution >= 4 is 5.91 Å². The van der Waals surface area contributed by atoms with Crippen molar-refractivity contribution in [3.63, 3.8) is 0 Å². The van der Waals surface area contributed by atoms with E-state index in [1.807, 2.05) is 0 Å². The van der Waals surface area contributed by atoms with Crippen molar-refractivity contribution in [2.75, 3.05) is 13.2 Å². The number of phenolic OH excluding ortho intramolecular Hbond substituents is 2. The van der Waals surface area contributed by atoms with E-state index >= 15 is 0 Å². The lowest BCUT2D eigenvalue weighted by Crippen LogP contribution is -2.51. The van der Waals surface area contributed by atoms with E-state index in [1.165, 1.54) is 19.1 Å². The molecule has 1 rings (SSSR count). The SMILES string of the molecule is CC(CO)(CO)NC(=O)c1ccc(O)c(O)c1. The predicted octanol–water partition coefficient (Wildman–Crippen LogP) is -0.429. The third-order valence-electron chi connectivity index (χ3n) is 2.35. The molecular weight excluding hydrogens is 226 g/mol. The van der Waals surface area contributed by atoms with Gasteiger partial charge in [0.25, 0.3) is 5.91 Å². The maximum absolute atomic E-state index is 11.7. The molecule has 6 heteroatoms. The van der Waals surface area contributed by atoms with Gasteiger partial charge in [0, 0.05) is 5.56 Å². The zero-order valence-electron chi connectivity index (χ0n) is 9.34. The topological polar surface area (TPSA) is 110 Å². The molecule has 1 aromatic carbocycles. The number of phenols is 2. The van der Waals surface area contributed by atoms with Crippen molar-refractivity contribution < 1.29 is 25.2 Å². The number of amides is 1. The lowest BCUT2D eigenvalue weighted by molar-refractivity contribution is 0.0723. The highest BCUT2D eigenvalue weighted by Gasteiger charge is 2.25. The minimum Gasteiger partial charge on any atom is -0.504 e. The van der Waals surface area contributed by atoms with Crippen LogP contribution in [0.5, 0.6) is 11.5 Å². The van der Waals surface area contributed by atoms with Gasteiger partial charge >= 0.3 is 0 Å². The van der Waals surface area contributed by atoms with E-state index in [4.69, 9.17) is 15.3 Å². The molecule has 0 bridgehead atoms. The second-order valence-corrected chi connectivity index (χ2v) is 4.03. The summed E-state index contributed by atoms with van der Waals surface area (Å²) in [5.41, 5.74) is -1.02. The molecule has 0 heterocycles. The monoisotopic (exact) mass is 241 g/mol. The average molecular weight is 241 g/mol. The highest BCUT2D eigenvalue weighted by atomic mass is 16.3. The Morgan fingerprint density at radius 1 is 1.24 bits per heavy atom. The van der Waals surface area contributed by atoms with Crippen molar-refractivity contribution in [3.05, 3.63) is 23.8 Å². The van der Waals surface area contributed by atoms with Crippen LogP contribution in [0.4, 0.5) is 0 Å². The number of nitrogens with one attached hydrogen (secondary N) is 1. The Kier molecular flexibility index (Phi) is 3.93. The van der Waals surface area contributed by atoms with Gasteiger partial charge in [-0.25, -0.2) is 0 Å². The van der Waals surface area contributed by atoms with Crippen molar-refractivity contribution in [1.82, 2.24) is 5.32 Å². The molecule has 5 N–H and O–H groups in total. The van der Waals surface area contributed by atoms with E-state index in [9.17, 15) is 9.90 Å². The van der Waals surface area contributed by atoms with Crippen LogP contribution in [-0.4, -0.2) is 45.1 Å². The van der Waals surface area contributed by atoms with Gasteiger partial charge in [0.05, 0.1) is 18.8 Å². The van der Waals surface area contributed by atoms with E-state index in [-0.39, 0.29) is 11.3 Å². The van der Waals surface area contributed by atoms with Gasteiger partial charge < -0.3 is 25.7 Å². The van der Waals surface area contributed by atoms with Crippen LogP contribution in [0.2, 0.25) is 0 Å². The summed E-state index contributed by atoms with van der Waals surface area (Å²) < 4.78 is 0. The first kappa shape index (κ1) is 13.3. The van der Waals surface area contributed by atoms with E-state index in [2.05, 4.69) is 5.32 Å². The van der Waals surface area contributed by atoms with Crippen LogP contribution in [0, 0.1) is 0 Å². The molecule has 0 spiro atoms. The lowest BCUT2D eigenvalue weighted by atomic mass is 10.0. The molecule has 0 aromatic heterocycles. The Bertz CT molecular complexity index is 414. The first-order chi connectivity index (χ1) is 7.91. The highest BCUT2D eigenvalue weighted by Crippen LogP contribution is 2.24. The standard InChI is InChI=1S/C11H15NO5/c1-11(5-13,6-14)12-10(17)7-2-3-8(15)9(16)4-7/h2-4,13-16H,5-6H2,1H3,(H,12,17). The Hall–Kier alpha value is -1.79. The third kappa shape index (κ3) is 3.08. The largest absolute Gasteiger partial charge is 0.504 e. The molecule has 0 saturated heterocycles. The zero-order chi connectivity index (χ0) is 13.1. The molecule has 0 aliphatic carbocycles. The smallest absolute Gasteiger partial charge is 0.252 e. The molecule has 6 nitrogen and oxygen atoms in total. The maximum atomic E-state index is 11.7. The average Bonchev–Trinajstić information content (AvgIpc) is 2.32.